The summed E-state index contributed by atoms with van der Waals surface area (Å²) in [7, 11) is 0. The van der Waals surface area contributed by atoms with Gasteiger partial charge in [-0.3, -0.25) is 4.90 Å². The molecule has 1 heterocycles. The molecule has 1 aliphatic heterocycles. The molecular formula is C17H28N2. The van der Waals surface area contributed by atoms with E-state index in [1.165, 1.54) is 31.5 Å². The largest absolute Gasteiger partial charge is 0.311 e. The van der Waals surface area contributed by atoms with Crippen molar-refractivity contribution in [3.63, 3.8) is 0 Å². The Morgan fingerprint density at radius 3 is 2.63 bits per heavy atom. The van der Waals surface area contributed by atoms with Crippen molar-refractivity contribution in [3.05, 3.63) is 35.9 Å². The molecular weight excluding hydrogens is 232 g/mol. The van der Waals surface area contributed by atoms with Gasteiger partial charge in [-0.2, -0.15) is 0 Å². The second kappa shape index (κ2) is 6.53. The molecule has 0 saturated carbocycles. The van der Waals surface area contributed by atoms with Crippen molar-refractivity contribution in [1.82, 2.24) is 10.2 Å². The lowest BCUT2D eigenvalue weighted by molar-refractivity contribution is 0.0491. The van der Waals surface area contributed by atoms with Gasteiger partial charge in [0, 0.05) is 24.7 Å². The number of hydrogen-bond acceptors (Lipinski definition) is 2. The van der Waals surface area contributed by atoms with Crippen molar-refractivity contribution in [2.75, 3.05) is 19.6 Å². The lowest BCUT2D eigenvalue weighted by Gasteiger charge is -2.48. The molecule has 1 aliphatic rings. The van der Waals surface area contributed by atoms with Gasteiger partial charge in [0.1, 0.15) is 0 Å². The lowest BCUT2D eigenvalue weighted by Crippen LogP contribution is -2.63. The van der Waals surface area contributed by atoms with Crippen LogP contribution in [0.4, 0.5) is 0 Å². The van der Waals surface area contributed by atoms with Crippen LogP contribution >= 0.6 is 0 Å². The van der Waals surface area contributed by atoms with E-state index in [1.54, 1.807) is 0 Å². The van der Waals surface area contributed by atoms with Crippen molar-refractivity contribution in [2.24, 2.45) is 0 Å². The third-order valence-corrected chi connectivity index (χ3v) is 4.56. The average Bonchev–Trinajstić information content (AvgIpc) is 2.44. The summed E-state index contributed by atoms with van der Waals surface area (Å²) in [6, 6.07) is 11.4. The molecule has 1 fully saturated rings. The van der Waals surface area contributed by atoms with Crippen molar-refractivity contribution in [3.8, 4) is 0 Å². The maximum atomic E-state index is 3.76. The Hall–Kier alpha value is -0.860. The van der Waals surface area contributed by atoms with E-state index in [4.69, 9.17) is 0 Å². The first kappa shape index (κ1) is 14.5. The molecule has 0 bridgehead atoms. The molecule has 106 valence electrons. The van der Waals surface area contributed by atoms with Gasteiger partial charge in [-0.15, -0.1) is 0 Å². The summed E-state index contributed by atoms with van der Waals surface area (Å²) in [5, 5.41) is 3.76. The molecule has 1 aromatic carbocycles. The Bertz CT molecular complexity index is 376. The second-order valence-corrected chi connectivity index (χ2v) is 6.06. The first-order valence-electron chi connectivity index (χ1n) is 7.70. The van der Waals surface area contributed by atoms with Gasteiger partial charge in [0.05, 0.1) is 0 Å². The molecule has 2 nitrogen and oxygen atoms in total. The summed E-state index contributed by atoms with van der Waals surface area (Å²) in [6.45, 7) is 10.5. The monoisotopic (exact) mass is 260 g/mol. The van der Waals surface area contributed by atoms with E-state index >= 15 is 0 Å². The SMILES string of the molecule is CCCN1CC(Cc2ccccc2)NCC1(C)CC. The number of nitrogens with zero attached hydrogens (tertiary/aromatic N) is 1. The quantitative estimate of drug-likeness (QED) is 0.875. The number of piperazine rings is 1. The molecule has 0 radical (unpaired) electrons. The normalized spacial score (nSPS) is 28.5. The molecule has 1 saturated heterocycles. The van der Waals surface area contributed by atoms with Gasteiger partial charge < -0.3 is 5.32 Å². The predicted octanol–water partition coefficient (Wildman–Crippen LogP) is 3.08. The van der Waals surface area contributed by atoms with Gasteiger partial charge in [0.15, 0.2) is 0 Å². The molecule has 2 atom stereocenters. The fraction of sp³-hybridized carbons (Fsp3) is 0.647. The highest BCUT2D eigenvalue weighted by Gasteiger charge is 2.35. The van der Waals surface area contributed by atoms with Crippen LogP contribution in [0.2, 0.25) is 0 Å². The minimum absolute atomic E-state index is 0.337. The second-order valence-electron chi connectivity index (χ2n) is 6.06. The third-order valence-electron chi connectivity index (χ3n) is 4.56. The Morgan fingerprint density at radius 1 is 1.26 bits per heavy atom. The van der Waals surface area contributed by atoms with Crippen LogP contribution in [-0.4, -0.2) is 36.1 Å². The van der Waals surface area contributed by atoms with Gasteiger partial charge in [0.2, 0.25) is 0 Å². The van der Waals surface area contributed by atoms with Crippen LogP contribution in [0.15, 0.2) is 30.3 Å². The fourth-order valence-corrected chi connectivity index (χ4v) is 3.04. The average molecular weight is 260 g/mol. The van der Waals surface area contributed by atoms with E-state index in [0.29, 0.717) is 11.6 Å². The molecule has 1 aromatic rings. The summed E-state index contributed by atoms with van der Waals surface area (Å²) in [5.41, 5.74) is 1.78. The third kappa shape index (κ3) is 3.58. The summed E-state index contributed by atoms with van der Waals surface area (Å²) < 4.78 is 0. The number of benzene rings is 1. The highest BCUT2D eigenvalue weighted by atomic mass is 15.3. The van der Waals surface area contributed by atoms with Crippen LogP contribution in [0.5, 0.6) is 0 Å². The molecule has 2 unspecified atom stereocenters. The zero-order chi connectivity index (χ0) is 13.7. The first-order chi connectivity index (χ1) is 9.18. The molecule has 19 heavy (non-hydrogen) atoms. The summed E-state index contributed by atoms with van der Waals surface area (Å²) in [4.78, 5) is 2.69. The van der Waals surface area contributed by atoms with Gasteiger partial charge in [-0.1, -0.05) is 44.2 Å². The van der Waals surface area contributed by atoms with Crippen molar-refractivity contribution in [1.29, 1.82) is 0 Å². The number of rotatable bonds is 5. The zero-order valence-electron chi connectivity index (χ0n) is 12.7. The fourth-order valence-electron chi connectivity index (χ4n) is 3.04. The summed E-state index contributed by atoms with van der Waals surface area (Å²) >= 11 is 0. The maximum Gasteiger partial charge on any atom is 0.0303 e. The maximum absolute atomic E-state index is 3.76. The molecule has 0 aliphatic carbocycles. The Balaban J connectivity index is 1.99. The van der Waals surface area contributed by atoms with E-state index in [9.17, 15) is 0 Å². The molecule has 0 aromatic heterocycles. The van der Waals surface area contributed by atoms with E-state index < -0.39 is 0 Å². The zero-order valence-corrected chi connectivity index (χ0v) is 12.7. The highest BCUT2D eigenvalue weighted by molar-refractivity contribution is 5.16. The van der Waals surface area contributed by atoms with Crippen LogP contribution in [-0.2, 0) is 6.42 Å². The van der Waals surface area contributed by atoms with Crippen molar-refractivity contribution < 1.29 is 0 Å². The van der Waals surface area contributed by atoms with Gasteiger partial charge in [-0.25, -0.2) is 0 Å². The van der Waals surface area contributed by atoms with E-state index in [-0.39, 0.29) is 0 Å². The lowest BCUT2D eigenvalue weighted by atomic mass is 9.90. The van der Waals surface area contributed by atoms with Crippen molar-refractivity contribution in [2.45, 2.75) is 51.6 Å². The topological polar surface area (TPSA) is 15.3 Å². The van der Waals surface area contributed by atoms with Crippen LogP contribution in [0.3, 0.4) is 0 Å². The van der Waals surface area contributed by atoms with Gasteiger partial charge >= 0.3 is 0 Å². The molecule has 0 amide bonds. The van der Waals surface area contributed by atoms with E-state index in [0.717, 1.165) is 13.0 Å². The van der Waals surface area contributed by atoms with Gasteiger partial charge in [-0.05, 0) is 38.3 Å². The number of hydrogen-bond donors (Lipinski definition) is 1. The summed E-state index contributed by atoms with van der Waals surface area (Å²) in [6.07, 6.45) is 3.60. The highest BCUT2D eigenvalue weighted by Crippen LogP contribution is 2.24. The minimum Gasteiger partial charge on any atom is -0.311 e. The summed E-state index contributed by atoms with van der Waals surface area (Å²) in [5.74, 6) is 0. The molecule has 0 spiro atoms. The van der Waals surface area contributed by atoms with E-state index in [1.807, 2.05) is 0 Å². The van der Waals surface area contributed by atoms with Crippen molar-refractivity contribution >= 4 is 0 Å². The Labute approximate surface area is 118 Å². The number of nitrogens with one attached hydrogen (secondary N) is 1. The molecule has 1 N–H and O–H groups in total. The molecule has 2 rings (SSSR count). The molecule has 2 heteroatoms. The van der Waals surface area contributed by atoms with Crippen LogP contribution in [0, 0.1) is 0 Å². The first-order valence-corrected chi connectivity index (χ1v) is 7.70. The van der Waals surface area contributed by atoms with Gasteiger partial charge in [0.25, 0.3) is 0 Å². The predicted molar refractivity (Wildman–Crippen MR) is 82.5 cm³/mol. The Kier molecular flexibility index (Phi) is 5.00. The van der Waals surface area contributed by atoms with E-state index in [2.05, 4.69) is 61.3 Å². The minimum atomic E-state index is 0.337. The smallest absolute Gasteiger partial charge is 0.0303 e. The van der Waals surface area contributed by atoms with Crippen LogP contribution in [0.25, 0.3) is 0 Å². The van der Waals surface area contributed by atoms with Crippen LogP contribution in [0.1, 0.15) is 39.2 Å². The standard InChI is InChI=1S/C17H28N2/c1-4-11-19-13-16(18-14-17(19,3)5-2)12-15-9-7-6-8-10-15/h6-10,16,18H,4-5,11-14H2,1-3H3. The Morgan fingerprint density at radius 2 is 2.00 bits per heavy atom. The van der Waals surface area contributed by atoms with Crippen LogP contribution < -0.4 is 5.32 Å².